The smallest absolute Gasteiger partial charge is 0.142 e. The Kier molecular flexibility index (Phi) is 5.36. The number of nitrogens with zero attached hydrogens (tertiary/aromatic N) is 1. The van der Waals surface area contributed by atoms with Gasteiger partial charge in [0.15, 0.2) is 0 Å². The summed E-state index contributed by atoms with van der Waals surface area (Å²) in [6.45, 7) is 2.25. The number of carbonyl (C=O) groups excluding carboxylic acids is 1. The molecular weight excluding hydrogens is 242 g/mol. The van der Waals surface area contributed by atoms with E-state index in [0.717, 1.165) is 23.8 Å². The van der Waals surface area contributed by atoms with Crippen LogP contribution >= 0.6 is 11.3 Å². The van der Waals surface area contributed by atoms with Gasteiger partial charge in [-0.25, -0.2) is 4.98 Å². The second kappa shape index (κ2) is 7.03. The van der Waals surface area contributed by atoms with Crippen LogP contribution in [-0.2, 0) is 11.2 Å². The number of unbranched alkanes of at least 4 members (excludes halogenated alkanes) is 1. The number of rotatable bonds is 6. The summed E-state index contributed by atoms with van der Waals surface area (Å²) >= 11 is 1.59. The van der Waals surface area contributed by atoms with E-state index in [4.69, 9.17) is 0 Å². The molecule has 0 aliphatic heterocycles. The van der Waals surface area contributed by atoms with Crippen LogP contribution in [0.15, 0.2) is 11.6 Å². The van der Waals surface area contributed by atoms with E-state index in [1.54, 1.807) is 17.5 Å². The third kappa shape index (κ3) is 3.91. The molecule has 3 heteroatoms. The highest BCUT2D eigenvalue weighted by Gasteiger charge is 2.26. The molecule has 0 spiro atoms. The Morgan fingerprint density at radius 3 is 2.78 bits per heavy atom. The van der Waals surface area contributed by atoms with E-state index in [-0.39, 0.29) is 0 Å². The van der Waals surface area contributed by atoms with Crippen molar-refractivity contribution in [3.05, 3.63) is 16.6 Å². The molecule has 1 aliphatic rings. The number of Topliss-reactive ketones (excluding diaryl/α,β-unsaturated/α-hetero) is 1. The summed E-state index contributed by atoms with van der Waals surface area (Å²) < 4.78 is 0. The van der Waals surface area contributed by atoms with E-state index in [1.807, 2.05) is 5.38 Å². The number of hydrogen-bond acceptors (Lipinski definition) is 3. The number of hydrogen-bond donors (Lipinski definition) is 0. The summed E-state index contributed by atoms with van der Waals surface area (Å²) in [5, 5.41) is 2.93. The highest BCUT2D eigenvalue weighted by molar-refractivity contribution is 7.09. The van der Waals surface area contributed by atoms with Gasteiger partial charge in [0.05, 0.1) is 11.4 Å². The van der Waals surface area contributed by atoms with E-state index in [0.29, 0.717) is 18.1 Å². The van der Waals surface area contributed by atoms with Gasteiger partial charge >= 0.3 is 0 Å². The molecule has 0 amide bonds. The molecule has 0 N–H and O–H groups in total. The van der Waals surface area contributed by atoms with Crippen molar-refractivity contribution in [1.29, 1.82) is 0 Å². The van der Waals surface area contributed by atoms with Gasteiger partial charge < -0.3 is 0 Å². The maximum absolute atomic E-state index is 12.2. The quantitative estimate of drug-likeness (QED) is 0.769. The van der Waals surface area contributed by atoms with Crippen molar-refractivity contribution >= 4 is 17.1 Å². The fourth-order valence-electron chi connectivity index (χ4n) is 2.90. The summed E-state index contributed by atoms with van der Waals surface area (Å²) in [5.41, 5.74) is 0. The van der Waals surface area contributed by atoms with Gasteiger partial charge in [-0.3, -0.25) is 4.79 Å². The lowest BCUT2D eigenvalue weighted by molar-refractivity contribution is -0.123. The van der Waals surface area contributed by atoms with Crippen LogP contribution in [0, 0.1) is 11.8 Å². The van der Waals surface area contributed by atoms with Crippen molar-refractivity contribution in [2.45, 2.75) is 58.3 Å². The van der Waals surface area contributed by atoms with Crippen LogP contribution in [0.25, 0.3) is 0 Å². The number of aromatic nitrogens is 1. The molecule has 2 nitrogen and oxygen atoms in total. The Bertz CT molecular complexity index is 353. The zero-order valence-corrected chi connectivity index (χ0v) is 12.0. The molecule has 1 saturated carbocycles. The minimum atomic E-state index is 0.312. The number of carbonyl (C=O) groups is 1. The fourth-order valence-corrected chi connectivity index (χ4v) is 3.53. The second-order valence-corrected chi connectivity index (χ2v) is 6.41. The first kappa shape index (κ1) is 13.7. The van der Waals surface area contributed by atoms with Gasteiger partial charge in [0.25, 0.3) is 0 Å². The fraction of sp³-hybridized carbons (Fsp3) is 0.733. The van der Waals surface area contributed by atoms with Crippen LogP contribution < -0.4 is 0 Å². The molecule has 2 rings (SSSR count). The van der Waals surface area contributed by atoms with Gasteiger partial charge in [0.1, 0.15) is 5.78 Å². The molecule has 1 aromatic heterocycles. The molecule has 0 bridgehead atoms. The van der Waals surface area contributed by atoms with Crippen molar-refractivity contribution in [3.63, 3.8) is 0 Å². The molecular formula is C15H23NOS. The molecule has 100 valence electrons. The van der Waals surface area contributed by atoms with Gasteiger partial charge in [0, 0.05) is 17.5 Å². The minimum absolute atomic E-state index is 0.312. The average molecular weight is 265 g/mol. The summed E-state index contributed by atoms with van der Waals surface area (Å²) in [6, 6.07) is 0. The predicted octanol–water partition coefficient (Wildman–Crippen LogP) is 4.25. The standard InChI is InChI=1S/C15H23NOS/c1-2-3-4-12-5-7-13(8-6-12)14(17)11-15-16-9-10-18-15/h9-10,12-13H,2-8,11H2,1H3. The van der Waals surface area contributed by atoms with Gasteiger partial charge in [-0.2, -0.15) is 0 Å². The van der Waals surface area contributed by atoms with Crippen molar-refractivity contribution in [2.24, 2.45) is 11.8 Å². The first-order chi connectivity index (χ1) is 8.79. The third-order valence-corrected chi connectivity index (χ3v) is 4.86. The van der Waals surface area contributed by atoms with E-state index in [1.165, 1.54) is 32.1 Å². The highest BCUT2D eigenvalue weighted by Crippen LogP contribution is 2.32. The Balaban J connectivity index is 1.73. The first-order valence-electron chi connectivity index (χ1n) is 7.20. The number of thiazole rings is 1. The highest BCUT2D eigenvalue weighted by atomic mass is 32.1. The topological polar surface area (TPSA) is 30.0 Å². The molecule has 1 aromatic rings. The largest absolute Gasteiger partial charge is 0.299 e. The normalized spacial score (nSPS) is 24.1. The van der Waals surface area contributed by atoms with Crippen LogP contribution in [0.4, 0.5) is 0 Å². The zero-order valence-electron chi connectivity index (χ0n) is 11.2. The van der Waals surface area contributed by atoms with E-state index in [2.05, 4.69) is 11.9 Å². The molecule has 0 saturated heterocycles. The van der Waals surface area contributed by atoms with Crippen LogP contribution in [0.5, 0.6) is 0 Å². The second-order valence-electron chi connectivity index (χ2n) is 5.43. The molecule has 1 heterocycles. The maximum atomic E-state index is 12.2. The minimum Gasteiger partial charge on any atom is -0.299 e. The average Bonchev–Trinajstić information content (AvgIpc) is 2.89. The zero-order chi connectivity index (χ0) is 12.8. The Hall–Kier alpha value is -0.700. The van der Waals surface area contributed by atoms with Gasteiger partial charge in [-0.1, -0.05) is 26.2 Å². The Labute approximate surface area is 114 Å². The van der Waals surface area contributed by atoms with Crippen molar-refractivity contribution < 1.29 is 4.79 Å². The number of ketones is 1. The summed E-state index contributed by atoms with van der Waals surface area (Å²) in [5.74, 6) is 1.61. The third-order valence-electron chi connectivity index (χ3n) is 4.08. The van der Waals surface area contributed by atoms with Crippen molar-refractivity contribution in [1.82, 2.24) is 4.98 Å². The Morgan fingerprint density at radius 2 is 2.17 bits per heavy atom. The van der Waals surface area contributed by atoms with Crippen molar-refractivity contribution in [2.75, 3.05) is 0 Å². The molecule has 0 atom stereocenters. The van der Waals surface area contributed by atoms with E-state index < -0.39 is 0 Å². The predicted molar refractivity (Wildman–Crippen MR) is 75.8 cm³/mol. The van der Waals surface area contributed by atoms with Crippen LogP contribution in [0.2, 0.25) is 0 Å². The van der Waals surface area contributed by atoms with Crippen molar-refractivity contribution in [3.8, 4) is 0 Å². The lowest BCUT2D eigenvalue weighted by Crippen LogP contribution is -2.23. The van der Waals surface area contributed by atoms with Gasteiger partial charge in [-0.15, -0.1) is 11.3 Å². The molecule has 0 unspecified atom stereocenters. The molecule has 0 aromatic carbocycles. The van der Waals surface area contributed by atoms with Gasteiger partial charge in [-0.05, 0) is 31.6 Å². The van der Waals surface area contributed by atoms with E-state index in [9.17, 15) is 4.79 Å². The lowest BCUT2D eigenvalue weighted by Gasteiger charge is -2.27. The maximum Gasteiger partial charge on any atom is 0.142 e. The molecule has 18 heavy (non-hydrogen) atoms. The molecule has 1 fully saturated rings. The SMILES string of the molecule is CCCCC1CCC(C(=O)Cc2nccs2)CC1. The summed E-state index contributed by atoms with van der Waals surface area (Å²) in [7, 11) is 0. The van der Waals surface area contributed by atoms with Crippen LogP contribution in [0.3, 0.4) is 0 Å². The van der Waals surface area contributed by atoms with Crippen LogP contribution in [-0.4, -0.2) is 10.8 Å². The first-order valence-corrected chi connectivity index (χ1v) is 8.08. The van der Waals surface area contributed by atoms with E-state index >= 15 is 0 Å². The van der Waals surface area contributed by atoms with Gasteiger partial charge in [0.2, 0.25) is 0 Å². The Morgan fingerprint density at radius 1 is 1.39 bits per heavy atom. The molecule has 1 aliphatic carbocycles. The monoisotopic (exact) mass is 265 g/mol. The van der Waals surface area contributed by atoms with Crippen LogP contribution in [0.1, 0.15) is 56.9 Å². The lowest BCUT2D eigenvalue weighted by atomic mass is 9.78. The summed E-state index contributed by atoms with van der Waals surface area (Å²) in [4.78, 5) is 16.4. The summed E-state index contributed by atoms with van der Waals surface area (Å²) in [6.07, 6.45) is 11.1. The molecule has 0 radical (unpaired) electrons.